The van der Waals surface area contributed by atoms with Crippen molar-refractivity contribution in [1.29, 1.82) is 0 Å². The van der Waals surface area contributed by atoms with Crippen molar-refractivity contribution in [2.75, 3.05) is 44.2 Å². The van der Waals surface area contributed by atoms with E-state index in [-0.39, 0.29) is 11.9 Å². The lowest BCUT2D eigenvalue weighted by Gasteiger charge is -2.38. The number of carbonyl (C=O) groups is 1. The van der Waals surface area contributed by atoms with Crippen LogP contribution in [0.3, 0.4) is 0 Å². The number of rotatable bonds is 3. The SMILES string of the molecule is O=C(c1ccc(Cl)cc1)N1CCN([C@@H]2CN(c3nc4ccccc4[nH]3)C[C@H]2O)CC1. The summed E-state index contributed by atoms with van der Waals surface area (Å²) in [4.78, 5) is 27.0. The van der Waals surface area contributed by atoms with Gasteiger partial charge in [0.1, 0.15) is 0 Å². The van der Waals surface area contributed by atoms with Crippen LogP contribution in [0, 0.1) is 0 Å². The maximum atomic E-state index is 12.7. The molecule has 30 heavy (non-hydrogen) atoms. The van der Waals surface area contributed by atoms with Crippen LogP contribution in [0.1, 0.15) is 10.4 Å². The Morgan fingerprint density at radius 2 is 1.77 bits per heavy atom. The predicted molar refractivity (Wildman–Crippen MR) is 117 cm³/mol. The van der Waals surface area contributed by atoms with Gasteiger partial charge in [0, 0.05) is 49.9 Å². The molecule has 0 radical (unpaired) electrons. The van der Waals surface area contributed by atoms with E-state index in [9.17, 15) is 9.90 Å². The number of β-amino-alcohol motifs (C(OH)–C–C–N with tert-alkyl or cyclic N) is 1. The zero-order chi connectivity index (χ0) is 20.7. The van der Waals surface area contributed by atoms with Crippen LogP contribution in [-0.4, -0.2) is 82.2 Å². The lowest BCUT2D eigenvalue weighted by atomic mass is 10.1. The molecule has 8 heteroatoms. The highest BCUT2D eigenvalue weighted by molar-refractivity contribution is 6.30. The number of hydrogen-bond donors (Lipinski definition) is 2. The summed E-state index contributed by atoms with van der Waals surface area (Å²) in [6.07, 6.45) is -0.447. The molecule has 2 aliphatic rings. The van der Waals surface area contributed by atoms with Gasteiger partial charge in [-0.2, -0.15) is 0 Å². The number of fused-ring (bicyclic) bond motifs is 1. The molecule has 7 nitrogen and oxygen atoms in total. The van der Waals surface area contributed by atoms with E-state index in [4.69, 9.17) is 11.6 Å². The summed E-state index contributed by atoms with van der Waals surface area (Å²) in [5.74, 6) is 0.830. The Morgan fingerprint density at radius 1 is 1.03 bits per heavy atom. The Hall–Kier alpha value is -2.61. The van der Waals surface area contributed by atoms with Crippen molar-refractivity contribution in [1.82, 2.24) is 19.8 Å². The Bertz CT molecular complexity index is 1010. The van der Waals surface area contributed by atoms with Crippen LogP contribution < -0.4 is 4.90 Å². The van der Waals surface area contributed by atoms with Crippen molar-refractivity contribution in [3.05, 3.63) is 59.1 Å². The van der Waals surface area contributed by atoms with Gasteiger partial charge < -0.3 is 19.9 Å². The number of aromatic amines is 1. The highest BCUT2D eigenvalue weighted by Crippen LogP contribution is 2.25. The highest BCUT2D eigenvalue weighted by Gasteiger charge is 2.38. The Kier molecular flexibility index (Phi) is 5.10. The van der Waals surface area contributed by atoms with E-state index >= 15 is 0 Å². The van der Waals surface area contributed by atoms with Crippen LogP contribution in [0.25, 0.3) is 11.0 Å². The second-order valence-corrected chi connectivity index (χ2v) is 8.39. The summed E-state index contributed by atoms with van der Waals surface area (Å²) in [6, 6.07) is 15.0. The summed E-state index contributed by atoms with van der Waals surface area (Å²) < 4.78 is 0. The molecule has 3 heterocycles. The van der Waals surface area contributed by atoms with Crippen LogP contribution >= 0.6 is 11.6 Å². The molecule has 0 unspecified atom stereocenters. The van der Waals surface area contributed by atoms with Crippen molar-refractivity contribution >= 4 is 34.5 Å². The van der Waals surface area contributed by atoms with E-state index in [0.717, 1.165) is 30.1 Å². The second kappa shape index (κ2) is 7.91. The van der Waals surface area contributed by atoms with Crippen LogP contribution in [0.4, 0.5) is 5.95 Å². The number of H-pyrrole nitrogens is 1. The summed E-state index contributed by atoms with van der Waals surface area (Å²) in [5, 5.41) is 11.3. The molecule has 2 atom stereocenters. The number of benzene rings is 2. The summed E-state index contributed by atoms with van der Waals surface area (Å²) in [7, 11) is 0. The number of amides is 1. The largest absolute Gasteiger partial charge is 0.390 e. The molecule has 0 spiro atoms. The third-order valence-electron chi connectivity index (χ3n) is 6.10. The Labute approximate surface area is 179 Å². The molecule has 2 N–H and O–H groups in total. The minimum atomic E-state index is -0.447. The molecule has 3 aromatic rings. The van der Waals surface area contributed by atoms with Gasteiger partial charge in [-0.05, 0) is 36.4 Å². The number of aliphatic hydroxyl groups is 1. The fourth-order valence-corrected chi connectivity index (χ4v) is 4.55. The number of nitrogens with zero attached hydrogens (tertiary/aromatic N) is 4. The van der Waals surface area contributed by atoms with E-state index in [2.05, 4.69) is 19.8 Å². The number of para-hydroxylation sites is 2. The molecule has 2 aromatic carbocycles. The number of hydrogen-bond acceptors (Lipinski definition) is 5. The first-order chi connectivity index (χ1) is 14.6. The lowest BCUT2D eigenvalue weighted by Crippen LogP contribution is -2.54. The smallest absolute Gasteiger partial charge is 0.253 e. The third kappa shape index (κ3) is 3.64. The van der Waals surface area contributed by atoms with Crippen molar-refractivity contribution in [2.45, 2.75) is 12.1 Å². The van der Waals surface area contributed by atoms with Crippen molar-refractivity contribution in [3.8, 4) is 0 Å². The molecule has 1 amide bonds. The Balaban J connectivity index is 1.22. The van der Waals surface area contributed by atoms with Crippen molar-refractivity contribution in [3.63, 3.8) is 0 Å². The van der Waals surface area contributed by atoms with Crippen LogP contribution in [0.2, 0.25) is 5.02 Å². The number of aliphatic hydroxyl groups excluding tert-OH is 1. The topological polar surface area (TPSA) is 75.7 Å². The fraction of sp³-hybridized carbons (Fsp3) is 0.364. The van der Waals surface area contributed by atoms with E-state index < -0.39 is 6.10 Å². The van der Waals surface area contributed by atoms with Gasteiger partial charge in [-0.15, -0.1) is 0 Å². The second-order valence-electron chi connectivity index (χ2n) is 7.95. The Morgan fingerprint density at radius 3 is 2.50 bits per heavy atom. The quantitative estimate of drug-likeness (QED) is 0.673. The van der Waals surface area contributed by atoms with Gasteiger partial charge >= 0.3 is 0 Å². The van der Waals surface area contributed by atoms with Gasteiger partial charge in [-0.25, -0.2) is 4.98 Å². The molecule has 2 fully saturated rings. The minimum absolute atomic E-state index is 0.0298. The molecule has 1 aromatic heterocycles. The maximum absolute atomic E-state index is 12.7. The standard InChI is InChI=1S/C22H24ClN5O2/c23-16-7-5-15(6-8-16)21(30)27-11-9-26(10-12-27)19-13-28(14-20(19)29)22-24-17-3-1-2-4-18(17)25-22/h1-8,19-20,29H,9-14H2,(H,24,25)/t19-,20-/m1/s1. The molecular formula is C22H24ClN5O2. The zero-order valence-electron chi connectivity index (χ0n) is 16.5. The number of imidazole rings is 1. The van der Waals surface area contributed by atoms with Crippen LogP contribution in [-0.2, 0) is 0 Å². The normalized spacial score (nSPS) is 22.7. The summed E-state index contributed by atoms with van der Waals surface area (Å²) in [6.45, 7) is 4.05. The number of nitrogens with one attached hydrogen (secondary N) is 1. The number of aromatic nitrogens is 2. The lowest BCUT2D eigenvalue weighted by molar-refractivity contribution is 0.0376. The van der Waals surface area contributed by atoms with Crippen molar-refractivity contribution < 1.29 is 9.90 Å². The summed E-state index contributed by atoms with van der Waals surface area (Å²) in [5.41, 5.74) is 2.59. The van der Waals surface area contributed by atoms with E-state index in [1.54, 1.807) is 24.3 Å². The number of piperazine rings is 1. The molecule has 156 valence electrons. The maximum Gasteiger partial charge on any atom is 0.253 e. The highest BCUT2D eigenvalue weighted by atomic mass is 35.5. The molecule has 5 rings (SSSR count). The predicted octanol–water partition coefficient (Wildman–Crippen LogP) is 2.22. The van der Waals surface area contributed by atoms with Gasteiger partial charge in [0.25, 0.3) is 5.91 Å². The first-order valence-corrected chi connectivity index (χ1v) is 10.6. The fourth-order valence-electron chi connectivity index (χ4n) is 4.42. The van der Waals surface area contributed by atoms with Crippen LogP contribution in [0.15, 0.2) is 48.5 Å². The minimum Gasteiger partial charge on any atom is -0.390 e. The number of halogens is 1. The van der Waals surface area contributed by atoms with E-state index in [1.165, 1.54) is 0 Å². The molecule has 0 saturated carbocycles. The van der Waals surface area contributed by atoms with Crippen molar-refractivity contribution in [2.24, 2.45) is 0 Å². The molecular weight excluding hydrogens is 402 g/mol. The van der Waals surface area contributed by atoms with Gasteiger partial charge in [0.2, 0.25) is 5.95 Å². The first kappa shape index (κ1) is 19.4. The van der Waals surface area contributed by atoms with Gasteiger partial charge in [0.05, 0.1) is 23.2 Å². The third-order valence-corrected chi connectivity index (χ3v) is 6.35. The first-order valence-electron chi connectivity index (χ1n) is 10.2. The molecule has 0 bridgehead atoms. The number of anilines is 1. The zero-order valence-corrected chi connectivity index (χ0v) is 17.3. The number of carbonyl (C=O) groups excluding carboxylic acids is 1. The average Bonchev–Trinajstić information content (AvgIpc) is 3.37. The molecule has 2 aliphatic heterocycles. The van der Waals surface area contributed by atoms with Gasteiger partial charge in [-0.1, -0.05) is 23.7 Å². The van der Waals surface area contributed by atoms with Gasteiger partial charge in [0.15, 0.2) is 0 Å². The summed E-state index contributed by atoms with van der Waals surface area (Å²) >= 11 is 5.92. The van der Waals surface area contributed by atoms with Gasteiger partial charge in [-0.3, -0.25) is 9.69 Å². The average molecular weight is 426 g/mol. The van der Waals surface area contributed by atoms with E-state index in [0.29, 0.717) is 36.8 Å². The van der Waals surface area contributed by atoms with E-state index in [1.807, 2.05) is 29.2 Å². The monoisotopic (exact) mass is 425 g/mol. The molecule has 2 saturated heterocycles. The van der Waals surface area contributed by atoms with Crippen LogP contribution in [0.5, 0.6) is 0 Å². The molecule has 0 aliphatic carbocycles.